The Balaban J connectivity index is 1.40. The number of anilines is 2. The molecule has 2 heterocycles. The fraction of sp³-hybridized carbons (Fsp3) is 0.0952. The monoisotopic (exact) mass is 552 g/mol. The van der Waals surface area contributed by atoms with E-state index in [0.717, 1.165) is 15.6 Å². The van der Waals surface area contributed by atoms with Crippen LogP contribution in [-0.4, -0.2) is 24.7 Å². The topological polar surface area (TPSA) is 59.7 Å². The maximum absolute atomic E-state index is 13.4. The Kier molecular flexibility index (Phi) is 7.10. The molecule has 0 aliphatic heterocycles. The van der Waals surface area contributed by atoms with E-state index in [4.69, 9.17) is 35.4 Å². The zero-order valence-corrected chi connectivity index (χ0v) is 20.3. The van der Waals surface area contributed by atoms with Crippen molar-refractivity contribution in [3.63, 3.8) is 0 Å². The van der Waals surface area contributed by atoms with Crippen LogP contribution in [0.4, 0.5) is 16.0 Å². The van der Waals surface area contributed by atoms with Gasteiger partial charge in [-0.3, -0.25) is 9.36 Å². The molecule has 2 aromatic heterocycles. The van der Waals surface area contributed by atoms with Crippen LogP contribution in [0.15, 0.2) is 65.4 Å². The summed E-state index contributed by atoms with van der Waals surface area (Å²) in [5, 5.41) is 16.2. The number of rotatable bonds is 6. The zero-order chi connectivity index (χ0) is 22.7. The minimum Gasteiger partial charge on any atom is -0.315 e. The number of benzene rings is 2. The molecular formula is C21H16BrCl2FN6S. The van der Waals surface area contributed by atoms with E-state index in [1.54, 1.807) is 21.6 Å². The molecule has 4 aromatic rings. The first-order valence-electron chi connectivity index (χ1n) is 9.39. The van der Waals surface area contributed by atoms with Crippen LogP contribution >= 0.6 is 51.3 Å². The normalized spacial score (nSPS) is 10.9. The van der Waals surface area contributed by atoms with E-state index in [0.29, 0.717) is 34.8 Å². The lowest BCUT2D eigenvalue weighted by Gasteiger charge is -2.07. The molecule has 0 unspecified atom stereocenters. The molecule has 2 aromatic carbocycles. The summed E-state index contributed by atoms with van der Waals surface area (Å²) in [6.45, 7) is 0.883. The Morgan fingerprint density at radius 1 is 0.938 bits per heavy atom. The van der Waals surface area contributed by atoms with E-state index >= 15 is 0 Å². The highest BCUT2D eigenvalue weighted by Crippen LogP contribution is 2.24. The summed E-state index contributed by atoms with van der Waals surface area (Å²) >= 11 is 21.4. The van der Waals surface area contributed by atoms with Gasteiger partial charge in [-0.2, -0.15) is 10.2 Å². The maximum atomic E-state index is 13.4. The van der Waals surface area contributed by atoms with Crippen LogP contribution in [0.5, 0.6) is 0 Å². The number of nitrogens with one attached hydrogen (secondary N) is 2. The van der Waals surface area contributed by atoms with E-state index in [-0.39, 0.29) is 10.9 Å². The Labute approximate surface area is 207 Å². The molecular weight excluding hydrogens is 538 g/mol. The Bertz CT molecular complexity index is 1270. The summed E-state index contributed by atoms with van der Waals surface area (Å²) in [5.41, 5.74) is 1.72. The predicted molar refractivity (Wildman–Crippen MR) is 133 cm³/mol. The SMILES string of the molecule is Fc1cccc(Cn2cc(Cl)c(NC(=S)Nc3nn(Cc4ccccc4Cl)cc3Br)n2)c1. The fourth-order valence-electron chi connectivity index (χ4n) is 3.00. The van der Waals surface area contributed by atoms with Crippen molar-refractivity contribution >= 4 is 68.1 Å². The first-order chi connectivity index (χ1) is 15.4. The van der Waals surface area contributed by atoms with Crippen LogP contribution in [0.25, 0.3) is 0 Å². The van der Waals surface area contributed by atoms with Crippen molar-refractivity contribution in [2.75, 3.05) is 10.6 Å². The second kappa shape index (κ2) is 9.99. The molecule has 0 amide bonds. The van der Waals surface area contributed by atoms with Crippen LogP contribution < -0.4 is 10.6 Å². The van der Waals surface area contributed by atoms with E-state index in [2.05, 4.69) is 36.8 Å². The molecule has 32 heavy (non-hydrogen) atoms. The van der Waals surface area contributed by atoms with Gasteiger partial charge in [0.25, 0.3) is 0 Å². The third-order valence-corrected chi connectivity index (χ3v) is 5.85. The first kappa shape index (κ1) is 22.7. The molecule has 0 bridgehead atoms. The first-order valence-corrected chi connectivity index (χ1v) is 11.3. The lowest BCUT2D eigenvalue weighted by molar-refractivity contribution is 0.619. The molecule has 11 heteroatoms. The third-order valence-electron chi connectivity index (χ3n) is 4.42. The Morgan fingerprint density at radius 2 is 1.66 bits per heavy atom. The maximum Gasteiger partial charge on any atom is 0.177 e. The van der Waals surface area contributed by atoms with Crippen molar-refractivity contribution in [3.05, 3.63) is 92.4 Å². The van der Waals surface area contributed by atoms with E-state index < -0.39 is 0 Å². The number of hydrogen-bond acceptors (Lipinski definition) is 3. The van der Waals surface area contributed by atoms with Crippen LogP contribution in [0, 0.1) is 5.82 Å². The van der Waals surface area contributed by atoms with Crippen molar-refractivity contribution in [3.8, 4) is 0 Å². The summed E-state index contributed by atoms with van der Waals surface area (Å²) in [6.07, 6.45) is 3.47. The van der Waals surface area contributed by atoms with Crippen molar-refractivity contribution in [2.24, 2.45) is 0 Å². The van der Waals surface area contributed by atoms with Gasteiger partial charge in [-0.15, -0.1) is 0 Å². The van der Waals surface area contributed by atoms with Gasteiger partial charge in [0, 0.05) is 17.4 Å². The number of hydrogen-bond donors (Lipinski definition) is 2. The number of aromatic nitrogens is 4. The average Bonchev–Trinajstić information content (AvgIpc) is 3.25. The lowest BCUT2D eigenvalue weighted by atomic mass is 10.2. The number of nitrogens with zero attached hydrogens (tertiary/aromatic N) is 4. The molecule has 6 nitrogen and oxygen atoms in total. The van der Waals surface area contributed by atoms with Crippen molar-refractivity contribution in [1.82, 2.24) is 19.6 Å². The van der Waals surface area contributed by atoms with E-state index in [1.807, 2.05) is 36.5 Å². The van der Waals surface area contributed by atoms with E-state index in [1.165, 1.54) is 12.1 Å². The molecule has 0 saturated heterocycles. The number of halogens is 4. The molecule has 0 atom stereocenters. The second-order valence-corrected chi connectivity index (χ2v) is 8.92. The molecule has 0 spiro atoms. The fourth-order valence-corrected chi connectivity index (χ4v) is 4.00. The Morgan fingerprint density at radius 3 is 2.44 bits per heavy atom. The van der Waals surface area contributed by atoms with Gasteiger partial charge >= 0.3 is 0 Å². The minimum atomic E-state index is -0.302. The molecule has 164 valence electrons. The Hall–Kier alpha value is -2.46. The van der Waals surface area contributed by atoms with Gasteiger partial charge in [-0.1, -0.05) is 53.5 Å². The highest BCUT2D eigenvalue weighted by Gasteiger charge is 2.13. The predicted octanol–water partition coefficient (Wildman–Crippen LogP) is 6.19. The second-order valence-electron chi connectivity index (χ2n) is 6.85. The van der Waals surface area contributed by atoms with Crippen molar-refractivity contribution in [2.45, 2.75) is 13.1 Å². The molecule has 2 N–H and O–H groups in total. The molecule has 4 rings (SSSR count). The summed E-state index contributed by atoms with van der Waals surface area (Å²) in [6, 6.07) is 13.9. The minimum absolute atomic E-state index is 0.270. The summed E-state index contributed by atoms with van der Waals surface area (Å²) in [5.74, 6) is 0.612. The zero-order valence-electron chi connectivity index (χ0n) is 16.4. The summed E-state index contributed by atoms with van der Waals surface area (Å²) in [4.78, 5) is 0. The molecule has 0 aliphatic carbocycles. The highest BCUT2D eigenvalue weighted by atomic mass is 79.9. The van der Waals surface area contributed by atoms with Crippen molar-refractivity contribution < 1.29 is 4.39 Å². The molecule has 0 aliphatic rings. The molecule has 0 fully saturated rings. The van der Waals surface area contributed by atoms with Gasteiger partial charge in [-0.05, 0) is 57.5 Å². The largest absolute Gasteiger partial charge is 0.315 e. The third kappa shape index (κ3) is 5.66. The average molecular weight is 554 g/mol. The molecule has 0 radical (unpaired) electrons. The highest BCUT2D eigenvalue weighted by molar-refractivity contribution is 9.10. The van der Waals surface area contributed by atoms with Gasteiger partial charge in [0.1, 0.15) is 10.8 Å². The van der Waals surface area contributed by atoms with Gasteiger partial charge < -0.3 is 10.6 Å². The summed E-state index contributed by atoms with van der Waals surface area (Å²) in [7, 11) is 0. The smallest absolute Gasteiger partial charge is 0.177 e. The quantitative estimate of drug-likeness (QED) is 0.279. The summed E-state index contributed by atoms with van der Waals surface area (Å²) < 4.78 is 17.5. The van der Waals surface area contributed by atoms with Crippen LogP contribution in [0.2, 0.25) is 10.0 Å². The van der Waals surface area contributed by atoms with Crippen LogP contribution in [-0.2, 0) is 13.1 Å². The van der Waals surface area contributed by atoms with Crippen LogP contribution in [0.1, 0.15) is 11.1 Å². The molecule has 0 saturated carbocycles. The van der Waals surface area contributed by atoms with Gasteiger partial charge in [0.05, 0.1) is 17.6 Å². The standard InChI is InChI=1S/C21H16BrCl2FN6S/c22-16-11-31(10-14-5-1-2-7-17(14)23)28-19(16)26-21(32)27-20-18(24)12-30(29-20)9-13-4-3-6-15(25)8-13/h1-8,11-12H,9-10H2,(H2,26,27,28,29,32). The van der Waals surface area contributed by atoms with E-state index in [9.17, 15) is 4.39 Å². The van der Waals surface area contributed by atoms with Crippen LogP contribution in [0.3, 0.4) is 0 Å². The van der Waals surface area contributed by atoms with Crippen molar-refractivity contribution in [1.29, 1.82) is 0 Å². The van der Waals surface area contributed by atoms with Gasteiger partial charge in [-0.25, -0.2) is 4.39 Å². The van der Waals surface area contributed by atoms with Gasteiger partial charge in [0.2, 0.25) is 0 Å². The number of thiocarbonyl (C=S) groups is 1. The lowest BCUT2D eigenvalue weighted by Crippen LogP contribution is -2.20. The van der Waals surface area contributed by atoms with Gasteiger partial charge in [0.15, 0.2) is 16.7 Å².